The van der Waals surface area contributed by atoms with E-state index in [0.29, 0.717) is 30.2 Å². The van der Waals surface area contributed by atoms with E-state index in [4.69, 9.17) is 9.47 Å². The average Bonchev–Trinajstić information content (AvgIpc) is 2.74. The third-order valence-corrected chi connectivity index (χ3v) is 7.04. The summed E-state index contributed by atoms with van der Waals surface area (Å²) >= 11 is 0. The summed E-state index contributed by atoms with van der Waals surface area (Å²) in [5.74, 6) is 0.380. The number of nitrogens with zero attached hydrogens (tertiary/aromatic N) is 2. The molecule has 0 aromatic heterocycles. The fourth-order valence-electron chi connectivity index (χ4n) is 3.77. The topological polar surface area (TPSA) is 88.2 Å². The fourth-order valence-corrected chi connectivity index (χ4v) is 4.40. The Morgan fingerprint density at radius 2 is 1.94 bits per heavy atom. The Labute approximate surface area is 186 Å². The number of benzene rings is 1. The zero-order valence-corrected chi connectivity index (χ0v) is 20.4. The molecular formula is C22H37N3O5S. The van der Waals surface area contributed by atoms with E-state index in [2.05, 4.69) is 30.4 Å². The molecule has 8 nitrogen and oxygen atoms in total. The maximum atomic E-state index is 13.3. The quantitative estimate of drug-likeness (QED) is 0.710. The number of hydrogen-bond acceptors (Lipinski definition) is 6. The van der Waals surface area contributed by atoms with Gasteiger partial charge in [0, 0.05) is 39.0 Å². The highest BCUT2D eigenvalue weighted by Crippen LogP contribution is 2.27. The van der Waals surface area contributed by atoms with E-state index in [1.807, 2.05) is 0 Å². The van der Waals surface area contributed by atoms with Crippen LogP contribution in [0.2, 0.25) is 0 Å². The molecule has 1 N–H and O–H groups in total. The maximum absolute atomic E-state index is 13.3. The van der Waals surface area contributed by atoms with E-state index in [0.717, 1.165) is 19.5 Å². The lowest BCUT2D eigenvalue weighted by Gasteiger charge is -2.35. The predicted octanol–water partition coefficient (Wildman–Crippen LogP) is 2.66. The predicted molar refractivity (Wildman–Crippen MR) is 123 cm³/mol. The smallest absolute Gasteiger partial charge is 0.257 e. The minimum Gasteiger partial charge on any atom is -0.491 e. The van der Waals surface area contributed by atoms with Crippen molar-refractivity contribution in [1.29, 1.82) is 0 Å². The first-order chi connectivity index (χ1) is 14.6. The zero-order valence-electron chi connectivity index (χ0n) is 19.6. The SMILES string of the molecule is CCCN1C[C@H](C)[C@@H](OC)CN(C)C(=O)c2cc(NS(=O)(=O)CC)ccc2OC[C@H]1C. The highest BCUT2D eigenvalue weighted by Gasteiger charge is 2.28. The Morgan fingerprint density at radius 3 is 2.55 bits per heavy atom. The van der Waals surface area contributed by atoms with Crippen LogP contribution in [0.3, 0.4) is 0 Å². The van der Waals surface area contributed by atoms with E-state index >= 15 is 0 Å². The van der Waals surface area contributed by atoms with Crippen LogP contribution in [-0.4, -0.2) is 82.4 Å². The Morgan fingerprint density at radius 1 is 1.23 bits per heavy atom. The lowest BCUT2D eigenvalue weighted by molar-refractivity contribution is 0.0108. The van der Waals surface area contributed by atoms with Crippen molar-refractivity contribution in [3.8, 4) is 5.75 Å². The molecule has 0 saturated carbocycles. The third kappa shape index (κ3) is 6.82. The number of ether oxygens (including phenoxy) is 2. The van der Waals surface area contributed by atoms with Crippen LogP contribution in [-0.2, 0) is 14.8 Å². The van der Waals surface area contributed by atoms with Gasteiger partial charge in [0.1, 0.15) is 12.4 Å². The number of carbonyl (C=O) groups is 1. The first kappa shape index (κ1) is 25.4. The molecular weight excluding hydrogens is 418 g/mol. The molecule has 1 aromatic rings. The van der Waals surface area contributed by atoms with Gasteiger partial charge in [0.25, 0.3) is 5.91 Å². The summed E-state index contributed by atoms with van der Waals surface area (Å²) in [5.41, 5.74) is 0.673. The number of nitrogens with one attached hydrogen (secondary N) is 1. The number of rotatable bonds is 6. The molecule has 0 unspecified atom stereocenters. The van der Waals surface area contributed by atoms with Crippen LogP contribution in [0.15, 0.2) is 18.2 Å². The lowest BCUT2D eigenvalue weighted by Crippen LogP contribution is -2.46. The molecule has 0 saturated heterocycles. The Bertz CT molecular complexity index is 846. The maximum Gasteiger partial charge on any atom is 0.257 e. The van der Waals surface area contributed by atoms with Crippen molar-refractivity contribution in [2.45, 2.75) is 46.3 Å². The van der Waals surface area contributed by atoms with E-state index in [1.54, 1.807) is 44.2 Å². The highest BCUT2D eigenvalue weighted by atomic mass is 32.2. The number of methoxy groups -OCH3 is 1. The van der Waals surface area contributed by atoms with Crippen LogP contribution in [0, 0.1) is 5.92 Å². The molecule has 0 radical (unpaired) electrons. The molecule has 1 aliphatic heterocycles. The van der Waals surface area contributed by atoms with Crippen molar-refractivity contribution in [3.05, 3.63) is 23.8 Å². The molecule has 31 heavy (non-hydrogen) atoms. The second kappa shape index (κ2) is 11.2. The van der Waals surface area contributed by atoms with Crippen LogP contribution in [0.25, 0.3) is 0 Å². The van der Waals surface area contributed by atoms with Crippen LogP contribution in [0.4, 0.5) is 5.69 Å². The number of anilines is 1. The van der Waals surface area contributed by atoms with Gasteiger partial charge in [0.2, 0.25) is 10.0 Å². The molecule has 176 valence electrons. The summed E-state index contributed by atoms with van der Waals surface area (Å²) in [5, 5.41) is 0. The van der Waals surface area contributed by atoms with Gasteiger partial charge in [-0.05, 0) is 50.9 Å². The second-order valence-corrected chi connectivity index (χ2v) is 10.3. The van der Waals surface area contributed by atoms with Crippen molar-refractivity contribution in [1.82, 2.24) is 9.80 Å². The van der Waals surface area contributed by atoms with Gasteiger partial charge in [-0.2, -0.15) is 0 Å². The Kier molecular flexibility index (Phi) is 9.14. The van der Waals surface area contributed by atoms with Crippen LogP contribution in [0.1, 0.15) is 44.5 Å². The average molecular weight is 456 g/mol. The summed E-state index contributed by atoms with van der Waals surface area (Å²) < 4.78 is 38.3. The Balaban J connectivity index is 2.44. The normalized spacial score (nSPS) is 24.0. The molecule has 3 atom stereocenters. The molecule has 0 fully saturated rings. The van der Waals surface area contributed by atoms with Gasteiger partial charge >= 0.3 is 0 Å². The number of amides is 1. The number of carbonyl (C=O) groups excluding carboxylic acids is 1. The molecule has 1 amide bonds. The van der Waals surface area contributed by atoms with Crippen LogP contribution in [0.5, 0.6) is 5.75 Å². The van der Waals surface area contributed by atoms with E-state index in [9.17, 15) is 13.2 Å². The number of fused-ring (bicyclic) bond motifs is 1. The standard InChI is InChI=1S/C22H37N3O5S/c1-7-11-25-13-16(3)21(29-6)14-24(5)22(26)19-12-18(23-31(27,28)8-2)9-10-20(19)30-15-17(25)4/h9-10,12,16-17,21,23H,7-8,11,13-15H2,1-6H3/t16-,17+,21-/m0/s1. The van der Waals surface area contributed by atoms with Crippen molar-refractivity contribution >= 4 is 21.6 Å². The summed E-state index contributed by atoms with van der Waals surface area (Å²) in [4.78, 5) is 17.3. The molecule has 0 aliphatic carbocycles. The van der Waals surface area contributed by atoms with Crippen molar-refractivity contribution in [3.63, 3.8) is 0 Å². The van der Waals surface area contributed by atoms with Gasteiger partial charge in [-0.15, -0.1) is 0 Å². The molecule has 1 heterocycles. The second-order valence-electron chi connectivity index (χ2n) is 8.31. The van der Waals surface area contributed by atoms with Gasteiger partial charge in [-0.1, -0.05) is 13.8 Å². The summed E-state index contributed by atoms with van der Waals surface area (Å²) in [6.45, 7) is 10.6. The van der Waals surface area contributed by atoms with Gasteiger partial charge in [0.05, 0.1) is 17.4 Å². The highest BCUT2D eigenvalue weighted by molar-refractivity contribution is 7.92. The third-order valence-electron chi connectivity index (χ3n) is 5.74. The Hall–Kier alpha value is -1.84. The lowest BCUT2D eigenvalue weighted by atomic mass is 10.0. The van der Waals surface area contributed by atoms with E-state index in [-0.39, 0.29) is 29.7 Å². The molecule has 1 aliphatic rings. The fraction of sp³-hybridized carbons (Fsp3) is 0.682. The summed E-state index contributed by atoms with van der Waals surface area (Å²) in [7, 11) is -0.0525. The zero-order chi connectivity index (χ0) is 23.2. The summed E-state index contributed by atoms with van der Waals surface area (Å²) in [6, 6.07) is 4.98. The van der Waals surface area contributed by atoms with Gasteiger partial charge in [-0.25, -0.2) is 8.42 Å². The molecule has 0 bridgehead atoms. The molecule has 9 heteroatoms. The number of sulfonamides is 1. The van der Waals surface area contributed by atoms with E-state index < -0.39 is 10.0 Å². The number of hydrogen-bond donors (Lipinski definition) is 1. The molecule has 2 rings (SSSR count). The van der Waals surface area contributed by atoms with Crippen LogP contribution < -0.4 is 9.46 Å². The van der Waals surface area contributed by atoms with Gasteiger partial charge in [-0.3, -0.25) is 14.4 Å². The van der Waals surface area contributed by atoms with Gasteiger partial charge in [0.15, 0.2) is 0 Å². The molecule has 1 aromatic carbocycles. The largest absolute Gasteiger partial charge is 0.491 e. The van der Waals surface area contributed by atoms with E-state index in [1.165, 1.54) is 0 Å². The van der Waals surface area contributed by atoms with Gasteiger partial charge < -0.3 is 14.4 Å². The van der Waals surface area contributed by atoms with Crippen molar-refractivity contribution < 1.29 is 22.7 Å². The number of likely N-dealkylation sites (N-methyl/N-ethyl adjacent to an activating group) is 1. The van der Waals surface area contributed by atoms with Crippen molar-refractivity contribution in [2.24, 2.45) is 5.92 Å². The summed E-state index contributed by atoms with van der Waals surface area (Å²) in [6.07, 6.45) is 0.913. The first-order valence-corrected chi connectivity index (χ1v) is 12.6. The minimum absolute atomic E-state index is 0.0490. The monoisotopic (exact) mass is 455 g/mol. The van der Waals surface area contributed by atoms with Crippen LogP contribution >= 0.6 is 0 Å². The minimum atomic E-state index is -3.45. The first-order valence-electron chi connectivity index (χ1n) is 10.9. The molecule has 0 spiro atoms. The van der Waals surface area contributed by atoms with Crippen molar-refractivity contribution in [2.75, 3.05) is 50.9 Å².